The minimum Gasteiger partial charge on any atom is -0.493 e. The summed E-state index contributed by atoms with van der Waals surface area (Å²) in [5.74, 6) is 1.04. The number of nitrogen functional groups attached to an aromatic ring is 1. The lowest BCUT2D eigenvalue weighted by Gasteiger charge is -2.18. The Kier molecular flexibility index (Phi) is 10.8. The largest absolute Gasteiger partial charge is 0.493 e. The van der Waals surface area contributed by atoms with E-state index < -0.39 is 0 Å². The molecule has 3 aromatic carbocycles. The lowest BCUT2D eigenvalue weighted by molar-refractivity contribution is -0.122. The number of nitrogens with one attached hydrogen (secondary N) is 3. The molecule has 1 amide bonds. The van der Waals surface area contributed by atoms with Gasteiger partial charge in [0.25, 0.3) is 12.4 Å². The fourth-order valence-corrected chi connectivity index (χ4v) is 3.78. The molecular formula is C26H29BrN4O5. The SMILES string of the molecule is CCOc1c(OC)ccc(Br)c1CNc1ccc(C)cc1C(=O)Nc1ccc(C(=N)N)cc1.O=CO. The average molecular weight is 557 g/mol. The van der Waals surface area contributed by atoms with Crippen molar-refractivity contribution in [2.75, 3.05) is 24.4 Å². The van der Waals surface area contributed by atoms with Crippen LogP contribution in [-0.4, -0.2) is 37.0 Å². The van der Waals surface area contributed by atoms with Crippen molar-refractivity contribution in [3.8, 4) is 11.5 Å². The van der Waals surface area contributed by atoms with Crippen LogP contribution in [0.2, 0.25) is 0 Å². The molecule has 9 nitrogen and oxygen atoms in total. The van der Waals surface area contributed by atoms with Crippen LogP contribution in [0.3, 0.4) is 0 Å². The molecule has 0 atom stereocenters. The Morgan fingerprint density at radius 1 is 1.17 bits per heavy atom. The maximum atomic E-state index is 13.1. The van der Waals surface area contributed by atoms with Gasteiger partial charge < -0.3 is 30.9 Å². The maximum absolute atomic E-state index is 13.1. The number of amides is 1. The first kappa shape index (κ1) is 28.2. The second kappa shape index (κ2) is 13.7. The second-order valence-electron chi connectivity index (χ2n) is 7.44. The van der Waals surface area contributed by atoms with Crippen LogP contribution in [0.25, 0.3) is 0 Å². The van der Waals surface area contributed by atoms with Gasteiger partial charge >= 0.3 is 0 Å². The van der Waals surface area contributed by atoms with Crippen molar-refractivity contribution in [3.05, 3.63) is 81.3 Å². The van der Waals surface area contributed by atoms with Gasteiger partial charge in [0.2, 0.25) is 0 Å². The van der Waals surface area contributed by atoms with E-state index in [1.54, 1.807) is 31.4 Å². The van der Waals surface area contributed by atoms with E-state index in [9.17, 15) is 4.79 Å². The zero-order valence-electron chi connectivity index (χ0n) is 20.2. The molecule has 190 valence electrons. The van der Waals surface area contributed by atoms with Crippen LogP contribution in [0.1, 0.15) is 34.0 Å². The molecule has 0 saturated heterocycles. The lowest BCUT2D eigenvalue weighted by Crippen LogP contribution is -2.16. The highest BCUT2D eigenvalue weighted by Gasteiger charge is 2.17. The number of halogens is 1. The summed E-state index contributed by atoms with van der Waals surface area (Å²) in [7, 11) is 1.61. The van der Waals surface area contributed by atoms with Crippen molar-refractivity contribution in [1.29, 1.82) is 5.41 Å². The van der Waals surface area contributed by atoms with Crippen molar-refractivity contribution < 1.29 is 24.2 Å². The minimum absolute atomic E-state index is 0.0202. The molecular weight excluding hydrogens is 528 g/mol. The number of aryl methyl sites for hydroxylation is 1. The Bertz CT molecular complexity index is 1220. The zero-order valence-corrected chi connectivity index (χ0v) is 21.8. The van der Waals surface area contributed by atoms with Crippen molar-refractivity contribution >= 4 is 45.5 Å². The van der Waals surface area contributed by atoms with Crippen molar-refractivity contribution in [3.63, 3.8) is 0 Å². The Morgan fingerprint density at radius 2 is 1.83 bits per heavy atom. The van der Waals surface area contributed by atoms with Crippen LogP contribution < -0.4 is 25.8 Å². The van der Waals surface area contributed by atoms with Crippen LogP contribution >= 0.6 is 15.9 Å². The average Bonchev–Trinajstić information content (AvgIpc) is 2.85. The van der Waals surface area contributed by atoms with Gasteiger partial charge in [0.05, 0.1) is 19.3 Å². The van der Waals surface area contributed by atoms with Gasteiger partial charge in [-0.25, -0.2) is 0 Å². The van der Waals surface area contributed by atoms with Gasteiger partial charge in [0.15, 0.2) is 11.5 Å². The summed E-state index contributed by atoms with van der Waals surface area (Å²) in [5, 5.41) is 20.7. The van der Waals surface area contributed by atoms with Crippen molar-refractivity contribution in [2.45, 2.75) is 20.4 Å². The Hall–Kier alpha value is -4.05. The number of carbonyl (C=O) groups excluding carboxylic acids is 1. The molecule has 36 heavy (non-hydrogen) atoms. The van der Waals surface area contributed by atoms with Gasteiger partial charge in [0, 0.05) is 33.5 Å². The molecule has 0 spiro atoms. The van der Waals surface area contributed by atoms with Crippen LogP contribution in [0.4, 0.5) is 11.4 Å². The predicted octanol–water partition coefficient (Wildman–Crippen LogP) is 5.01. The third kappa shape index (κ3) is 7.47. The first-order valence-electron chi connectivity index (χ1n) is 10.9. The maximum Gasteiger partial charge on any atom is 0.290 e. The predicted molar refractivity (Wildman–Crippen MR) is 144 cm³/mol. The van der Waals surface area contributed by atoms with E-state index in [-0.39, 0.29) is 18.2 Å². The molecule has 0 aliphatic heterocycles. The van der Waals surface area contributed by atoms with Crippen molar-refractivity contribution in [1.82, 2.24) is 0 Å². The monoisotopic (exact) mass is 556 g/mol. The molecule has 0 unspecified atom stereocenters. The van der Waals surface area contributed by atoms with E-state index >= 15 is 0 Å². The number of ether oxygens (including phenoxy) is 2. The molecule has 0 radical (unpaired) electrons. The standard InChI is InChI=1S/C25H27BrN4O3.CH2O2/c1-4-33-23-19(20(26)10-12-22(23)32-3)14-29-21-11-5-15(2)13-18(21)25(31)30-17-8-6-16(7-9-17)24(27)28;2-1-3/h5-13,29H,4,14H2,1-3H3,(H3,27,28)(H,30,31);1H,(H,2,3). The fourth-order valence-electron chi connectivity index (χ4n) is 3.33. The number of amidine groups is 1. The van der Waals surface area contributed by atoms with Crippen molar-refractivity contribution in [2.24, 2.45) is 5.73 Å². The summed E-state index contributed by atoms with van der Waals surface area (Å²) in [5.41, 5.74) is 9.78. The molecule has 3 rings (SSSR count). The van der Waals surface area contributed by atoms with Crippen LogP contribution in [-0.2, 0) is 11.3 Å². The van der Waals surface area contributed by atoms with Gasteiger partial charge in [-0.1, -0.05) is 27.6 Å². The molecule has 0 aromatic heterocycles. The van der Waals surface area contributed by atoms with Gasteiger partial charge in [-0.15, -0.1) is 0 Å². The first-order valence-corrected chi connectivity index (χ1v) is 11.7. The summed E-state index contributed by atoms with van der Waals surface area (Å²) in [4.78, 5) is 21.4. The molecule has 0 heterocycles. The van der Waals surface area contributed by atoms with E-state index in [1.165, 1.54) is 0 Å². The third-order valence-corrected chi connectivity index (χ3v) is 5.75. The topological polar surface area (TPSA) is 147 Å². The highest BCUT2D eigenvalue weighted by Crippen LogP contribution is 2.37. The summed E-state index contributed by atoms with van der Waals surface area (Å²) < 4.78 is 12.2. The van der Waals surface area contributed by atoms with E-state index in [0.717, 1.165) is 15.6 Å². The number of carbonyl (C=O) groups is 2. The van der Waals surface area contributed by atoms with Gasteiger partial charge in [0.1, 0.15) is 5.84 Å². The van der Waals surface area contributed by atoms with Gasteiger partial charge in [-0.3, -0.25) is 15.0 Å². The van der Waals surface area contributed by atoms with E-state index in [0.29, 0.717) is 47.2 Å². The molecule has 10 heteroatoms. The number of methoxy groups -OCH3 is 1. The van der Waals surface area contributed by atoms with E-state index in [1.807, 2.05) is 44.2 Å². The highest BCUT2D eigenvalue weighted by molar-refractivity contribution is 9.10. The summed E-state index contributed by atoms with van der Waals surface area (Å²) in [6, 6.07) is 16.3. The minimum atomic E-state index is -0.250. The number of carboxylic acid groups (broad SMARTS) is 1. The van der Waals surface area contributed by atoms with Crippen LogP contribution in [0, 0.1) is 12.3 Å². The summed E-state index contributed by atoms with van der Waals surface area (Å²) >= 11 is 3.59. The van der Waals surface area contributed by atoms with E-state index in [4.69, 9.17) is 30.5 Å². The summed E-state index contributed by atoms with van der Waals surface area (Å²) in [6.07, 6.45) is 0. The number of nitrogens with two attached hydrogens (primary N) is 1. The molecule has 0 bridgehead atoms. The quantitative estimate of drug-likeness (QED) is 0.141. The zero-order chi connectivity index (χ0) is 26.7. The summed E-state index contributed by atoms with van der Waals surface area (Å²) in [6.45, 7) is 4.53. The molecule has 6 N–H and O–H groups in total. The fraction of sp³-hybridized carbons (Fsp3) is 0.192. The number of hydrogen-bond donors (Lipinski definition) is 5. The highest BCUT2D eigenvalue weighted by atomic mass is 79.9. The number of hydrogen-bond acceptors (Lipinski definition) is 6. The smallest absolute Gasteiger partial charge is 0.290 e. The number of benzene rings is 3. The Morgan fingerprint density at radius 3 is 2.42 bits per heavy atom. The number of rotatable bonds is 9. The molecule has 0 aliphatic carbocycles. The normalized spacial score (nSPS) is 9.89. The van der Waals surface area contributed by atoms with Gasteiger partial charge in [-0.2, -0.15) is 0 Å². The van der Waals surface area contributed by atoms with E-state index in [2.05, 4.69) is 26.6 Å². The molecule has 0 saturated carbocycles. The molecule has 0 aliphatic rings. The third-order valence-electron chi connectivity index (χ3n) is 5.00. The Labute approximate surface area is 218 Å². The first-order chi connectivity index (χ1) is 17.2. The van der Waals surface area contributed by atoms with Crippen LogP contribution in [0.15, 0.2) is 59.1 Å². The molecule has 3 aromatic rings. The van der Waals surface area contributed by atoms with Crippen LogP contribution in [0.5, 0.6) is 11.5 Å². The van der Waals surface area contributed by atoms with Gasteiger partial charge in [-0.05, 0) is 62.4 Å². The second-order valence-corrected chi connectivity index (χ2v) is 8.30. The Balaban J connectivity index is 0.00000145. The number of anilines is 2. The molecule has 0 fully saturated rings. The lowest BCUT2D eigenvalue weighted by atomic mass is 10.1.